The van der Waals surface area contributed by atoms with Gasteiger partial charge in [0.25, 0.3) is 0 Å². The summed E-state index contributed by atoms with van der Waals surface area (Å²) in [7, 11) is 0. The van der Waals surface area contributed by atoms with Crippen molar-refractivity contribution in [2.45, 2.75) is 82.8 Å². The number of carbonyl (C=O) groups is 1. The minimum atomic E-state index is 0.460. The van der Waals surface area contributed by atoms with Crippen LogP contribution in [0.1, 0.15) is 64.7 Å². The second-order valence-corrected chi connectivity index (χ2v) is 8.09. The van der Waals surface area contributed by atoms with Crippen molar-refractivity contribution < 1.29 is 4.79 Å². The van der Waals surface area contributed by atoms with Gasteiger partial charge in [0.15, 0.2) is 0 Å². The molecule has 3 aliphatic carbocycles. The topological polar surface area (TPSA) is 32.3 Å². The Labute approximate surface area is 128 Å². The Balaban J connectivity index is 1.38. The molecule has 0 spiro atoms. The first-order chi connectivity index (χ1) is 10.2. The van der Waals surface area contributed by atoms with Crippen LogP contribution >= 0.6 is 0 Å². The second-order valence-electron chi connectivity index (χ2n) is 8.09. The molecule has 1 saturated heterocycles. The standard InChI is InChI=1S/C18H30N2O/c1-12-9-17-15(10-18(21)20(17)14-7-8-14)16(12)11-19-13-5-3-2-4-6-13/h12-17,19H,2-11H2,1H3/t12-,15-,16+,17+/m0/s1. The average Bonchev–Trinajstić information content (AvgIpc) is 3.20. The summed E-state index contributed by atoms with van der Waals surface area (Å²) in [6.07, 6.45) is 11.6. The molecule has 1 N–H and O–H groups in total. The van der Waals surface area contributed by atoms with E-state index < -0.39 is 0 Å². The van der Waals surface area contributed by atoms with Crippen molar-refractivity contribution in [1.29, 1.82) is 0 Å². The van der Waals surface area contributed by atoms with Crippen LogP contribution in [0.5, 0.6) is 0 Å². The molecule has 0 aromatic rings. The summed E-state index contributed by atoms with van der Waals surface area (Å²) in [5, 5.41) is 3.85. The third-order valence-electron chi connectivity index (χ3n) is 6.63. The van der Waals surface area contributed by atoms with E-state index in [4.69, 9.17) is 0 Å². The lowest BCUT2D eigenvalue weighted by atomic mass is 9.87. The van der Waals surface area contributed by atoms with Gasteiger partial charge in [0, 0.05) is 24.5 Å². The van der Waals surface area contributed by atoms with E-state index >= 15 is 0 Å². The van der Waals surface area contributed by atoms with Crippen molar-refractivity contribution >= 4 is 5.91 Å². The van der Waals surface area contributed by atoms with Crippen molar-refractivity contribution in [3.05, 3.63) is 0 Å². The highest BCUT2D eigenvalue weighted by molar-refractivity contribution is 5.80. The summed E-state index contributed by atoms with van der Waals surface area (Å²) < 4.78 is 0. The Morgan fingerprint density at radius 1 is 1.14 bits per heavy atom. The Kier molecular flexibility index (Phi) is 3.72. The van der Waals surface area contributed by atoms with Crippen molar-refractivity contribution in [3.63, 3.8) is 0 Å². The number of rotatable bonds is 4. The summed E-state index contributed by atoms with van der Waals surface area (Å²) in [5.41, 5.74) is 0. The molecule has 4 aliphatic rings. The normalized spacial score (nSPS) is 40.8. The molecular weight excluding hydrogens is 260 g/mol. The summed E-state index contributed by atoms with van der Waals surface area (Å²) in [6, 6.07) is 1.95. The molecule has 0 unspecified atom stereocenters. The van der Waals surface area contributed by atoms with Gasteiger partial charge in [0.2, 0.25) is 5.91 Å². The number of amides is 1. The maximum absolute atomic E-state index is 12.3. The van der Waals surface area contributed by atoms with E-state index in [-0.39, 0.29) is 0 Å². The maximum Gasteiger partial charge on any atom is 0.223 e. The molecular formula is C18H30N2O. The van der Waals surface area contributed by atoms with Gasteiger partial charge >= 0.3 is 0 Å². The molecule has 0 aromatic heterocycles. The van der Waals surface area contributed by atoms with Crippen LogP contribution in [0.15, 0.2) is 0 Å². The Morgan fingerprint density at radius 2 is 1.90 bits per heavy atom. The SMILES string of the molecule is C[C@H]1C[C@@H]2[C@@H](CC(=O)N2C2CC2)[C@@H]1CNC1CCCCC1. The summed E-state index contributed by atoms with van der Waals surface area (Å²) in [6.45, 7) is 3.57. The molecule has 0 aromatic carbocycles. The quantitative estimate of drug-likeness (QED) is 0.863. The van der Waals surface area contributed by atoms with Gasteiger partial charge in [-0.1, -0.05) is 26.2 Å². The molecule has 3 heteroatoms. The van der Waals surface area contributed by atoms with E-state index in [1.165, 1.54) is 51.4 Å². The van der Waals surface area contributed by atoms with E-state index in [1.807, 2.05) is 0 Å². The lowest BCUT2D eigenvalue weighted by Gasteiger charge is -2.28. The predicted octanol–water partition coefficient (Wildman–Crippen LogP) is 2.94. The van der Waals surface area contributed by atoms with E-state index in [0.29, 0.717) is 23.9 Å². The van der Waals surface area contributed by atoms with Crippen LogP contribution < -0.4 is 5.32 Å². The molecule has 0 radical (unpaired) electrons. The van der Waals surface area contributed by atoms with E-state index in [1.54, 1.807) is 0 Å². The minimum Gasteiger partial charge on any atom is -0.336 e. The molecule has 1 heterocycles. The number of hydrogen-bond donors (Lipinski definition) is 1. The van der Waals surface area contributed by atoms with Crippen LogP contribution in [0, 0.1) is 17.8 Å². The third-order valence-corrected chi connectivity index (χ3v) is 6.63. The Bertz CT molecular complexity index is 400. The fraction of sp³-hybridized carbons (Fsp3) is 0.944. The lowest BCUT2D eigenvalue weighted by Crippen LogP contribution is -2.38. The lowest BCUT2D eigenvalue weighted by molar-refractivity contribution is -0.129. The highest BCUT2D eigenvalue weighted by Gasteiger charge is 2.53. The zero-order valence-electron chi connectivity index (χ0n) is 13.4. The first-order valence-electron chi connectivity index (χ1n) is 9.28. The first kappa shape index (κ1) is 14.0. The van der Waals surface area contributed by atoms with Crippen molar-refractivity contribution in [2.75, 3.05) is 6.54 Å². The third kappa shape index (κ3) is 2.62. The highest BCUT2D eigenvalue weighted by atomic mass is 16.2. The number of nitrogens with one attached hydrogen (secondary N) is 1. The summed E-state index contributed by atoms with van der Waals surface area (Å²) >= 11 is 0. The smallest absolute Gasteiger partial charge is 0.223 e. The van der Waals surface area contributed by atoms with Gasteiger partial charge in [-0.15, -0.1) is 0 Å². The van der Waals surface area contributed by atoms with Gasteiger partial charge in [-0.2, -0.15) is 0 Å². The van der Waals surface area contributed by atoms with E-state index in [2.05, 4.69) is 17.1 Å². The van der Waals surface area contributed by atoms with E-state index in [9.17, 15) is 4.79 Å². The Hall–Kier alpha value is -0.570. The van der Waals surface area contributed by atoms with Crippen LogP contribution in [0.4, 0.5) is 0 Å². The fourth-order valence-corrected chi connectivity index (χ4v) is 5.33. The van der Waals surface area contributed by atoms with Crippen molar-refractivity contribution in [1.82, 2.24) is 10.2 Å². The first-order valence-corrected chi connectivity index (χ1v) is 9.28. The van der Waals surface area contributed by atoms with Gasteiger partial charge < -0.3 is 10.2 Å². The number of likely N-dealkylation sites (tertiary alicyclic amines) is 1. The average molecular weight is 290 g/mol. The van der Waals surface area contributed by atoms with Gasteiger partial charge in [0.1, 0.15) is 0 Å². The Morgan fingerprint density at radius 3 is 2.62 bits per heavy atom. The van der Waals surface area contributed by atoms with Crippen LogP contribution in [0.2, 0.25) is 0 Å². The molecule has 4 atom stereocenters. The monoisotopic (exact) mass is 290 g/mol. The second kappa shape index (κ2) is 5.57. The largest absolute Gasteiger partial charge is 0.336 e. The van der Waals surface area contributed by atoms with Crippen LogP contribution in [0.3, 0.4) is 0 Å². The molecule has 118 valence electrons. The van der Waals surface area contributed by atoms with Gasteiger partial charge in [0.05, 0.1) is 0 Å². The molecule has 21 heavy (non-hydrogen) atoms. The molecule has 1 amide bonds. The zero-order valence-corrected chi connectivity index (χ0v) is 13.4. The zero-order chi connectivity index (χ0) is 14.4. The van der Waals surface area contributed by atoms with E-state index in [0.717, 1.165) is 30.8 Å². The molecule has 3 saturated carbocycles. The number of carbonyl (C=O) groups excluding carboxylic acids is 1. The van der Waals surface area contributed by atoms with Crippen molar-refractivity contribution in [3.8, 4) is 0 Å². The summed E-state index contributed by atoms with van der Waals surface area (Å²) in [5.74, 6) is 2.61. The molecule has 4 fully saturated rings. The maximum atomic E-state index is 12.3. The summed E-state index contributed by atoms with van der Waals surface area (Å²) in [4.78, 5) is 14.6. The van der Waals surface area contributed by atoms with Gasteiger partial charge in [-0.25, -0.2) is 0 Å². The minimum absolute atomic E-state index is 0.460. The number of hydrogen-bond acceptors (Lipinski definition) is 2. The van der Waals surface area contributed by atoms with Gasteiger partial charge in [-0.3, -0.25) is 4.79 Å². The molecule has 1 aliphatic heterocycles. The predicted molar refractivity (Wildman–Crippen MR) is 83.9 cm³/mol. The van der Waals surface area contributed by atoms with Crippen LogP contribution in [-0.2, 0) is 4.79 Å². The highest BCUT2D eigenvalue weighted by Crippen LogP contribution is 2.49. The van der Waals surface area contributed by atoms with Crippen LogP contribution in [0.25, 0.3) is 0 Å². The van der Waals surface area contributed by atoms with Crippen molar-refractivity contribution in [2.24, 2.45) is 17.8 Å². The van der Waals surface area contributed by atoms with Gasteiger partial charge in [-0.05, 0) is 56.4 Å². The number of fused-ring (bicyclic) bond motifs is 1. The molecule has 4 rings (SSSR count). The number of nitrogens with zero attached hydrogens (tertiary/aromatic N) is 1. The molecule has 0 bridgehead atoms. The molecule has 3 nitrogen and oxygen atoms in total. The fourth-order valence-electron chi connectivity index (χ4n) is 5.33. The van der Waals surface area contributed by atoms with Crippen LogP contribution in [-0.4, -0.2) is 35.5 Å².